The molecule has 0 radical (unpaired) electrons. The number of cyclic esters (lactones) is 1. The molecule has 29 heavy (non-hydrogen) atoms. The molecule has 0 aliphatic carbocycles. The molecule has 4 rings (SSSR count). The number of hydrogen-bond acceptors (Lipinski definition) is 7. The molecule has 146 valence electrons. The average Bonchev–Trinajstić information content (AvgIpc) is 3.34. The van der Waals surface area contributed by atoms with Gasteiger partial charge in [-0.25, -0.2) is 9.79 Å². The van der Waals surface area contributed by atoms with Crippen LogP contribution < -0.4 is 4.18 Å². The number of rotatable bonds is 5. The standard InChI is InChI=1S/C21H15NO6S/c1-14-4-10-17(11-5-14)29(24,25)28-16-8-6-15(7-9-16)13-18-21(23)27-20(22-18)19-3-2-12-26-19/h2-13H,1H3. The van der Waals surface area contributed by atoms with Gasteiger partial charge >= 0.3 is 16.1 Å². The van der Waals surface area contributed by atoms with Crippen molar-refractivity contribution in [1.29, 1.82) is 0 Å². The molecule has 2 heterocycles. The Morgan fingerprint density at radius 2 is 1.72 bits per heavy atom. The zero-order valence-corrected chi connectivity index (χ0v) is 16.0. The lowest BCUT2D eigenvalue weighted by molar-refractivity contribution is -0.130. The van der Waals surface area contributed by atoms with Crippen LogP contribution in [0.25, 0.3) is 6.08 Å². The first-order valence-corrected chi connectivity index (χ1v) is 9.99. The first kappa shape index (κ1) is 18.7. The predicted molar refractivity (Wildman–Crippen MR) is 105 cm³/mol. The molecule has 0 fully saturated rings. The lowest BCUT2D eigenvalue weighted by Crippen LogP contribution is -2.09. The fourth-order valence-electron chi connectivity index (χ4n) is 2.57. The van der Waals surface area contributed by atoms with Crippen LogP contribution in [0.1, 0.15) is 16.9 Å². The number of nitrogens with zero attached hydrogens (tertiary/aromatic N) is 1. The minimum absolute atomic E-state index is 0.0720. The van der Waals surface area contributed by atoms with Crippen molar-refractivity contribution in [3.63, 3.8) is 0 Å². The number of hydrogen-bond donors (Lipinski definition) is 0. The Bertz CT molecular complexity index is 1210. The summed E-state index contributed by atoms with van der Waals surface area (Å²) < 4.78 is 40.1. The third-order valence-corrected chi connectivity index (χ3v) is 5.31. The molecule has 0 atom stereocenters. The maximum Gasteiger partial charge on any atom is 0.363 e. The van der Waals surface area contributed by atoms with Gasteiger partial charge in [0.2, 0.25) is 0 Å². The zero-order chi connectivity index (χ0) is 20.4. The summed E-state index contributed by atoms with van der Waals surface area (Å²) in [6.45, 7) is 1.87. The van der Waals surface area contributed by atoms with E-state index in [1.54, 1.807) is 36.4 Å². The third kappa shape index (κ3) is 4.12. The second-order valence-electron chi connectivity index (χ2n) is 6.23. The zero-order valence-electron chi connectivity index (χ0n) is 15.2. The molecule has 0 spiro atoms. The number of esters is 1. The Hall–Kier alpha value is -3.65. The summed E-state index contributed by atoms with van der Waals surface area (Å²) in [7, 11) is -3.93. The number of aryl methyl sites for hydroxylation is 1. The van der Waals surface area contributed by atoms with E-state index in [0.717, 1.165) is 5.56 Å². The van der Waals surface area contributed by atoms with Gasteiger partial charge in [0.1, 0.15) is 10.6 Å². The van der Waals surface area contributed by atoms with Crippen molar-refractivity contribution < 1.29 is 26.5 Å². The van der Waals surface area contributed by atoms with Gasteiger partial charge in [0.05, 0.1) is 6.26 Å². The lowest BCUT2D eigenvalue weighted by Gasteiger charge is -2.07. The molecule has 0 bridgehead atoms. The molecule has 1 aliphatic heterocycles. The van der Waals surface area contributed by atoms with E-state index in [9.17, 15) is 13.2 Å². The Balaban J connectivity index is 1.52. The smallest absolute Gasteiger partial charge is 0.363 e. The van der Waals surface area contributed by atoms with Crippen molar-refractivity contribution in [2.24, 2.45) is 4.99 Å². The molecule has 2 aromatic carbocycles. The van der Waals surface area contributed by atoms with Crippen molar-refractivity contribution in [2.45, 2.75) is 11.8 Å². The summed E-state index contributed by atoms with van der Waals surface area (Å²) in [5.74, 6) is 0.00220. The van der Waals surface area contributed by atoms with E-state index in [1.807, 2.05) is 6.92 Å². The summed E-state index contributed by atoms with van der Waals surface area (Å²) in [6, 6.07) is 15.9. The van der Waals surface area contributed by atoms with Gasteiger partial charge in [-0.15, -0.1) is 0 Å². The van der Waals surface area contributed by atoms with E-state index >= 15 is 0 Å². The van der Waals surface area contributed by atoms with Crippen molar-refractivity contribution >= 4 is 28.1 Å². The minimum Gasteiger partial charge on any atom is -0.459 e. The molecule has 0 saturated heterocycles. The molecule has 0 amide bonds. The highest BCUT2D eigenvalue weighted by Crippen LogP contribution is 2.23. The van der Waals surface area contributed by atoms with Gasteiger partial charge in [0.25, 0.3) is 5.90 Å². The highest BCUT2D eigenvalue weighted by Gasteiger charge is 2.25. The Kier molecular flexibility index (Phi) is 4.77. The Morgan fingerprint density at radius 1 is 1.00 bits per heavy atom. The first-order valence-electron chi connectivity index (χ1n) is 8.58. The van der Waals surface area contributed by atoms with Crippen LogP contribution in [0, 0.1) is 6.92 Å². The highest BCUT2D eigenvalue weighted by molar-refractivity contribution is 7.87. The SMILES string of the molecule is Cc1ccc(S(=O)(=O)Oc2ccc(C=C3N=C(c4ccco4)OC3=O)cc2)cc1. The molecule has 0 unspecified atom stereocenters. The van der Waals surface area contributed by atoms with Crippen LogP contribution in [-0.2, 0) is 19.6 Å². The van der Waals surface area contributed by atoms with Crippen LogP contribution in [0.4, 0.5) is 0 Å². The number of carbonyl (C=O) groups excluding carboxylic acids is 1. The van der Waals surface area contributed by atoms with E-state index in [1.165, 1.54) is 36.6 Å². The van der Waals surface area contributed by atoms with E-state index in [-0.39, 0.29) is 22.2 Å². The second kappa shape index (κ2) is 7.40. The molecule has 8 heteroatoms. The van der Waals surface area contributed by atoms with E-state index < -0.39 is 16.1 Å². The highest BCUT2D eigenvalue weighted by atomic mass is 32.2. The topological polar surface area (TPSA) is 95.2 Å². The van der Waals surface area contributed by atoms with Gasteiger partial charge < -0.3 is 13.3 Å². The van der Waals surface area contributed by atoms with Crippen LogP contribution in [0.15, 0.2) is 86.9 Å². The summed E-state index contributed by atoms with van der Waals surface area (Å²) >= 11 is 0. The predicted octanol–water partition coefficient (Wildman–Crippen LogP) is 3.70. The van der Waals surface area contributed by atoms with Gasteiger partial charge in [-0.2, -0.15) is 8.42 Å². The molecular weight excluding hydrogens is 394 g/mol. The van der Waals surface area contributed by atoms with Crippen LogP contribution in [0.2, 0.25) is 0 Å². The minimum atomic E-state index is -3.93. The van der Waals surface area contributed by atoms with Crippen molar-refractivity contribution in [1.82, 2.24) is 0 Å². The number of ether oxygens (including phenoxy) is 1. The third-order valence-electron chi connectivity index (χ3n) is 4.05. The second-order valence-corrected chi connectivity index (χ2v) is 7.78. The summed E-state index contributed by atoms with van der Waals surface area (Å²) in [5, 5.41) is 0. The number of carbonyl (C=O) groups is 1. The lowest BCUT2D eigenvalue weighted by atomic mass is 10.2. The monoisotopic (exact) mass is 409 g/mol. The van der Waals surface area contributed by atoms with Crippen molar-refractivity contribution in [3.8, 4) is 5.75 Å². The van der Waals surface area contributed by atoms with E-state index in [4.69, 9.17) is 13.3 Å². The van der Waals surface area contributed by atoms with E-state index in [2.05, 4.69) is 4.99 Å². The molecule has 7 nitrogen and oxygen atoms in total. The van der Waals surface area contributed by atoms with Gasteiger partial charge in [-0.3, -0.25) is 0 Å². The largest absolute Gasteiger partial charge is 0.459 e. The first-order chi connectivity index (χ1) is 13.9. The maximum absolute atomic E-state index is 12.3. The molecule has 3 aromatic rings. The van der Waals surface area contributed by atoms with Gasteiger partial charge in [0.15, 0.2) is 11.5 Å². The molecule has 1 aliphatic rings. The quantitative estimate of drug-likeness (QED) is 0.362. The summed E-state index contributed by atoms with van der Waals surface area (Å²) in [6.07, 6.45) is 2.98. The maximum atomic E-state index is 12.3. The van der Waals surface area contributed by atoms with Crippen molar-refractivity contribution in [3.05, 3.63) is 89.5 Å². The van der Waals surface area contributed by atoms with Crippen LogP contribution in [-0.4, -0.2) is 20.3 Å². The Morgan fingerprint density at radius 3 is 2.38 bits per heavy atom. The molecular formula is C21H15NO6S. The fraction of sp³-hybridized carbons (Fsp3) is 0.0476. The number of aliphatic imine (C=N–C) groups is 1. The normalized spacial score (nSPS) is 15.3. The number of benzene rings is 2. The van der Waals surface area contributed by atoms with Crippen LogP contribution in [0.3, 0.4) is 0 Å². The van der Waals surface area contributed by atoms with Crippen LogP contribution in [0.5, 0.6) is 5.75 Å². The molecule has 0 N–H and O–H groups in total. The van der Waals surface area contributed by atoms with E-state index in [0.29, 0.717) is 11.3 Å². The summed E-state index contributed by atoms with van der Waals surface area (Å²) in [4.78, 5) is 16.2. The Labute approximate surface area is 167 Å². The molecule has 1 aromatic heterocycles. The van der Waals surface area contributed by atoms with Gasteiger partial charge in [-0.05, 0) is 55.0 Å². The average molecular weight is 409 g/mol. The van der Waals surface area contributed by atoms with Gasteiger partial charge in [0, 0.05) is 0 Å². The summed E-state index contributed by atoms with van der Waals surface area (Å²) in [5.41, 5.74) is 1.68. The van der Waals surface area contributed by atoms with Crippen molar-refractivity contribution in [2.75, 3.05) is 0 Å². The number of furan rings is 1. The van der Waals surface area contributed by atoms with Gasteiger partial charge in [-0.1, -0.05) is 29.8 Å². The fourth-order valence-corrected chi connectivity index (χ4v) is 3.50. The molecule has 0 saturated carbocycles. The van der Waals surface area contributed by atoms with Crippen LogP contribution >= 0.6 is 0 Å².